The Morgan fingerprint density at radius 1 is 1.11 bits per heavy atom. The van der Waals surface area contributed by atoms with Crippen LogP contribution in [0.15, 0.2) is 36.7 Å². The van der Waals surface area contributed by atoms with Gasteiger partial charge in [0.15, 0.2) is 0 Å². The summed E-state index contributed by atoms with van der Waals surface area (Å²) in [7, 11) is 0. The van der Waals surface area contributed by atoms with Gasteiger partial charge in [0.2, 0.25) is 0 Å². The van der Waals surface area contributed by atoms with Crippen LogP contribution in [0, 0.1) is 0 Å². The number of hydrogen-bond acceptors (Lipinski definition) is 2. The third-order valence-corrected chi connectivity index (χ3v) is 2.46. The minimum Gasteiger partial charge on any atom is -0.348 e. The fourth-order valence-electron chi connectivity index (χ4n) is 1.53. The zero-order valence-corrected chi connectivity index (χ0v) is 9.46. The number of H-pyrrole nitrogens is 1. The van der Waals surface area contributed by atoms with Crippen LogP contribution in [0.2, 0.25) is 0 Å². The Labute approximate surface area is 102 Å². The minimum absolute atomic E-state index is 0.499. The van der Waals surface area contributed by atoms with Gasteiger partial charge >= 0.3 is 6.18 Å². The molecule has 0 bridgehead atoms. The highest BCUT2D eigenvalue weighted by molar-refractivity contribution is 5.24. The Kier molecular flexibility index (Phi) is 3.66. The van der Waals surface area contributed by atoms with Gasteiger partial charge in [-0.05, 0) is 17.7 Å². The van der Waals surface area contributed by atoms with Crippen molar-refractivity contribution in [3.63, 3.8) is 0 Å². The monoisotopic (exact) mass is 255 g/mol. The van der Waals surface area contributed by atoms with E-state index in [1.807, 2.05) is 0 Å². The second kappa shape index (κ2) is 5.22. The van der Waals surface area contributed by atoms with Gasteiger partial charge in [0, 0.05) is 18.9 Å². The molecule has 0 amide bonds. The Balaban J connectivity index is 1.87. The molecule has 1 aromatic heterocycles. The molecule has 3 nitrogen and oxygen atoms in total. The van der Waals surface area contributed by atoms with Crippen molar-refractivity contribution in [3.8, 4) is 0 Å². The predicted molar refractivity (Wildman–Crippen MR) is 60.6 cm³/mol. The van der Waals surface area contributed by atoms with Crippen molar-refractivity contribution in [1.82, 2.24) is 15.3 Å². The number of hydrogen-bond donors (Lipinski definition) is 2. The molecule has 18 heavy (non-hydrogen) atoms. The molecule has 0 aliphatic rings. The van der Waals surface area contributed by atoms with E-state index >= 15 is 0 Å². The molecule has 6 heteroatoms. The highest BCUT2D eigenvalue weighted by atomic mass is 19.4. The van der Waals surface area contributed by atoms with Gasteiger partial charge in [-0.15, -0.1) is 0 Å². The number of imidazole rings is 1. The van der Waals surface area contributed by atoms with Crippen LogP contribution in [0.4, 0.5) is 13.2 Å². The molecule has 0 unspecified atom stereocenters. The zero-order valence-electron chi connectivity index (χ0n) is 9.46. The quantitative estimate of drug-likeness (QED) is 0.881. The lowest BCUT2D eigenvalue weighted by molar-refractivity contribution is -0.137. The normalized spacial score (nSPS) is 11.7. The molecule has 1 aromatic carbocycles. The SMILES string of the molecule is FC(F)(F)c1ccc(CNCc2ncc[nH]2)cc1. The molecule has 0 atom stereocenters. The minimum atomic E-state index is -4.28. The molecular formula is C12H12F3N3. The first-order valence-electron chi connectivity index (χ1n) is 5.41. The number of rotatable bonds is 4. The number of nitrogens with one attached hydrogen (secondary N) is 2. The van der Waals surface area contributed by atoms with Crippen LogP contribution < -0.4 is 5.32 Å². The third-order valence-electron chi connectivity index (χ3n) is 2.46. The zero-order chi connectivity index (χ0) is 13.0. The molecule has 0 radical (unpaired) electrons. The summed E-state index contributed by atoms with van der Waals surface area (Å²) in [5, 5.41) is 3.09. The molecule has 0 saturated carbocycles. The summed E-state index contributed by atoms with van der Waals surface area (Å²) in [5.74, 6) is 0.793. The van der Waals surface area contributed by atoms with Crippen molar-refractivity contribution in [2.24, 2.45) is 0 Å². The van der Waals surface area contributed by atoms with E-state index in [1.54, 1.807) is 12.4 Å². The summed E-state index contributed by atoms with van der Waals surface area (Å²) in [6.07, 6.45) is -0.912. The molecule has 2 aromatic rings. The lowest BCUT2D eigenvalue weighted by Crippen LogP contribution is -2.14. The standard InChI is InChI=1S/C12H12F3N3/c13-12(14,15)10-3-1-9(2-4-10)7-16-8-11-17-5-6-18-11/h1-6,16H,7-8H2,(H,17,18). The van der Waals surface area contributed by atoms with Crippen LogP contribution in [0.3, 0.4) is 0 Å². The molecular weight excluding hydrogens is 243 g/mol. The first kappa shape index (κ1) is 12.6. The summed E-state index contributed by atoms with van der Waals surface area (Å²) in [6, 6.07) is 5.11. The van der Waals surface area contributed by atoms with E-state index in [-0.39, 0.29) is 0 Å². The van der Waals surface area contributed by atoms with E-state index in [1.165, 1.54) is 12.1 Å². The number of benzene rings is 1. The smallest absolute Gasteiger partial charge is 0.348 e. The topological polar surface area (TPSA) is 40.7 Å². The number of nitrogens with zero attached hydrogens (tertiary/aromatic N) is 1. The molecule has 0 aliphatic heterocycles. The molecule has 1 heterocycles. The predicted octanol–water partition coefficient (Wildman–Crippen LogP) is 2.72. The van der Waals surface area contributed by atoms with E-state index in [4.69, 9.17) is 0 Å². The first-order chi connectivity index (χ1) is 8.55. The Bertz CT molecular complexity index is 474. The third kappa shape index (κ3) is 3.33. The van der Waals surface area contributed by atoms with E-state index in [0.717, 1.165) is 23.5 Å². The second-order valence-electron chi connectivity index (χ2n) is 3.83. The number of aromatic amines is 1. The number of alkyl halides is 3. The fraction of sp³-hybridized carbons (Fsp3) is 0.250. The van der Waals surface area contributed by atoms with Crippen LogP contribution in [0.25, 0.3) is 0 Å². The number of aromatic nitrogens is 2. The van der Waals surface area contributed by atoms with Crippen LogP contribution >= 0.6 is 0 Å². The van der Waals surface area contributed by atoms with Crippen LogP contribution in [-0.4, -0.2) is 9.97 Å². The highest BCUT2D eigenvalue weighted by Crippen LogP contribution is 2.28. The average molecular weight is 255 g/mol. The molecule has 0 fully saturated rings. The summed E-state index contributed by atoms with van der Waals surface area (Å²) in [5.41, 5.74) is 0.173. The van der Waals surface area contributed by atoms with Crippen molar-refractivity contribution < 1.29 is 13.2 Å². The largest absolute Gasteiger partial charge is 0.416 e. The number of halogens is 3. The fourth-order valence-corrected chi connectivity index (χ4v) is 1.53. The van der Waals surface area contributed by atoms with Crippen molar-refractivity contribution in [3.05, 3.63) is 53.6 Å². The van der Waals surface area contributed by atoms with Crippen LogP contribution in [0.1, 0.15) is 17.0 Å². The van der Waals surface area contributed by atoms with Gasteiger partial charge in [-0.1, -0.05) is 12.1 Å². The van der Waals surface area contributed by atoms with Crippen LogP contribution in [0.5, 0.6) is 0 Å². The van der Waals surface area contributed by atoms with Gasteiger partial charge in [0.25, 0.3) is 0 Å². The summed E-state index contributed by atoms with van der Waals surface area (Å²) in [6.45, 7) is 1.05. The summed E-state index contributed by atoms with van der Waals surface area (Å²) in [4.78, 5) is 6.96. The van der Waals surface area contributed by atoms with E-state index in [9.17, 15) is 13.2 Å². The van der Waals surface area contributed by atoms with E-state index < -0.39 is 11.7 Å². The molecule has 2 N–H and O–H groups in total. The molecule has 0 aliphatic carbocycles. The van der Waals surface area contributed by atoms with Gasteiger partial charge in [0.05, 0.1) is 12.1 Å². The Hall–Kier alpha value is -1.82. The maximum atomic E-state index is 12.3. The van der Waals surface area contributed by atoms with Gasteiger partial charge in [-0.3, -0.25) is 0 Å². The Morgan fingerprint density at radius 3 is 2.39 bits per heavy atom. The van der Waals surface area contributed by atoms with Crippen molar-refractivity contribution >= 4 is 0 Å². The summed E-state index contributed by atoms with van der Waals surface area (Å²) < 4.78 is 37.0. The van der Waals surface area contributed by atoms with Gasteiger partial charge in [-0.2, -0.15) is 13.2 Å². The molecule has 96 valence electrons. The first-order valence-corrected chi connectivity index (χ1v) is 5.41. The highest BCUT2D eigenvalue weighted by Gasteiger charge is 2.29. The molecule has 0 saturated heterocycles. The van der Waals surface area contributed by atoms with Crippen molar-refractivity contribution in [1.29, 1.82) is 0 Å². The van der Waals surface area contributed by atoms with Crippen molar-refractivity contribution in [2.45, 2.75) is 19.3 Å². The lowest BCUT2D eigenvalue weighted by Gasteiger charge is -2.08. The van der Waals surface area contributed by atoms with E-state index in [0.29, 0.717) is 13.1 Å². The average Bonchev–Trinajstić information content (AvgIpc) is 2.82. The van der Waals surface area contributed by atoms with Gasteiger partial charge < -0.3 is 10.3 Å². The second-order valence-corrected chi connectivity index (χ2v) is 3.83. The molecule has 0 spiro atoms. The van der Waals surface area contributed by atoms with Gasteiger partial charge in [0.1, 0.15) is 5.82 Å². The maximum absolute atomic E-state index is 12.3. The van der Waals surface area contributed by atoms with Gasteiger partial charge in [-0.25, -0.2) is 4.98 Å². The molecule has 2 rings (SSSR count). The van der Waals surface area contributed by atoms with E-state index in [2.05, 4.69) is 15.3 Å². The maximum Gasteiger partial charge on any atom is 0.416 e. The Morgan fingerprint density at radius 2 is 1.83 bits per heavy atom. The lowest BCUT2D eigenvalue weighted by atomic mass is 10.1. The van der Waals surface area contributed by atoms with Crippen molar-refractivity contribution in [2.75, 3.05) is 0 Å². The van der Waals surface area contributed by atoms with Crippen LogP contribution in [-0.2, 0) is 19.3 Å². The summed E-state index contributed by atoms with van der Waals surface area (Å²) >= 11 is 0.